The number of rotatable bonds is 3. The van der Waals surface area contributed by atoms with Crippen LogP contribution in [0.3, 0.4) is 0 Å². The van der Waals surface area contributed by atoms with Crippen LogP contribution in [0.5, 0.6) is 0 Å². The van der Waals surface area contributed by atoms with Gasteiger partial charge in [-0.25, -0.2) is 4.79 Å². The largest absolute Gasteiger partial charge is 0.468 e. The van der Waals surface area contributed by atoms with Gasteiger partial charge in [0.25, 0.3) is 0 Å². The third-order valence-corrected chi connectivity index (χ3v) is 3.14. The van der Waals surface area contributed by atoms with E-state index in [2.05, 4.69) is 10.1 Å². The average molecular weight is 286 g/mol. The number of likely N-dealkylation sites (tertiary alicyclic amines) is 1. The second-order valence-corrected chi connectivity index (χ2v) is 6.05. The van der Waals surface area contributed by atoms with Gasteiger partial charge >= 0.3 is 12.1 Å². The highest BCUT2D eigenvalue weighted by Gasteiger charge is 2.25. The van der Waals surface area contributed by atoms with Crippen LogP contribution >= 0.6 is 0 Å². The van der Waals surface area contributed by atoms with Crippen molar-refractivity contribution in [1.82, 2.24) is 10.2 Å². The van der Waals surface area contributed by atoms with E-state index in [1.54, 1.807) is 4.90 Å². The summed E-state index contributed by atoms with van der Waals surface area (Å²) in [6.45, 7) is 7.16. The molecule has 1 amide bonds. The summed E-state index contributed by atoms with van der Waals surface area (Å²) in [5.74, 6) is -0.266. The van der Waals surface area contributed by atoms with Crippen molar-refractivity contribution in [3.05, 3.63) is 0 Å². The summed E-state index contributed by atoms with van der Waals surface area (Å²) in [4.78, 5) is 24.8. The second-order valence-electron chi connectivity index (χ2n) is 6.05. The van der Waals surface area contributed by atoms with E-state index in [0.717, 1.165) is 19.3 Å². The van der Waals surface area contributed by atoms with Crippen molar-refractivity contribution < 1.29 is 19.1 Å². The molecule has 20 heavy (non-hydrogen) atoms. The molecule has 1 aliphatic heterocycles. The number of hydrogen-bond donors (Lipinski definition) is 1. The minimum Gasteiger partial charge on any atom is -0.468 e. The first-order valence-electron chi connectivity index (χ1n) is 7.10. The molecular formula is C14H26N2O4. The lowest BCUT2D eigenvalue weighted by Gasteiger charge is -2.26. The highest BCUT2D eigenvalue weighted by molar-refractivity contribution is 5.71. The van der Waals surface area contributed by atoms with Crippen LogP contribution in [-0.4, -0.2) is 55.3 Å². The van der Waals surface area contributed by atoms with E-state index in [4.69, 9.17) is 4.74 Å². The number of esters is 1. The van der Waals surface area contributed by atoms with E-state index in [0.29, 0.717) is 13.1 Å². The van der Waals surface area contributed by atoms with Crippen molar-refractivity contribution in [3.63, 3.8) is 0 Å². The van der Waals surface area contributed by atoms with Crippen LogP contribution in [0.25, 0.3) is 0 Å². The van der Waals surface area contributed by atoms with Crippen molar-refractivity contribution in [3.8, 4) is 0 Å². The minimum atomic E-state index is -0.466. The van der Waals surface area contributed by atoms with Gasteiger partial charge in [-0.15, -0.1) is 0 Å². The number of amides is 1. The molecule has 116 valence electrons. The van der Waals surface area contributed by atoms with E-state index in [-0.39, 0.29) is 24.6 Å². The SMILES string of the molecule is COC(=O)CNC1CCCN(C(=O)OC(C)(C)C)CC1. The molecule has 0 aliphatic carbocycles. The maximum absolute atomic E-state index is 12.0. The zero-order valence-corrected chi connectivity index (χ0v) is 12.9. The lowest BCUT2D eigenvalue weighted by Crippen LogP contribution is -2.38. The standard InChI is InChI=1S/C14H26N2O4/c1-14(2,3)20-13(18)16-8-5-6-11(7-9-16)15-10-12(17)19-4/h11,15H,5-10H2,1-4H3. The van der Waals surface area contributed by atoms with Gasteiger partial charge in [0.05, 0.1) is 13.7 Å². The molecule has 1 unspecified atom stereocenters. The topological polar surface area (TPSA) is 67.9 Å². The Morgan fingerprint density at radius 2 is 1.95 bits per heavy atom. The van der Waals surface area contributed by atoms with Gasteiger partial charge in [0.15, 0.2) is 0 Å². The van der Waals surface area contributed by atoms with Crippen LogP contribution in [0, 0.1) is 0 Å². The highest BCUT2D eigenvalue weighted by atomic mass is 16.6. The summed E-state index contributed by atoms with van der Waals surface area (Å²) in [6.07, 6.45) is 2.40. The molecule has 0 spiro atoms. The first-order valence-corrected chi connectivity index (χ1v) is 7.10. The van der Waals surface area contributed by atoms with Crippen LogP contribution in [-0.2, 0) is 14.3 Å². The number of hydrogen-bond acceptors (Lipinski definition) is 5. The predicted octanol–water partition coefficient (Wildman–Crippen LogP) is 1.54. The smallest absolute Gasteiger partial charge is 0.410 e. The molecule has 6 nitrogen and oxygen atoms in total. The van der Waals surface area contributed by atoms with Crippen LogP contribution in [0.2, 0.25) is 0 Å². The Labute approximate surface area is 120 Å². The summed E-state index contributed by atoms with van der Waals surface area (Å²) >= 11 is 0. The molecule has 1 heterocycles. The molecule has 1 rings (SSSR count). The number of methoxy groups -OCH3 is 1. The Bertz CT molecular complexity index is 339. The lowest BCUT2D eigenvalue weighted by atomic mass is 10.1. The molecule has 6 heteroatoms. The molecule has 1 aliphatic rings. The summed E-state index contributed by atoms with van der Waals surface area (Å²) in [7, 11) is 1.38. The number of ether oxygens (including phenoxy) is 2. The van der Waals surface area contributed by atoms with E-state index < -0.39 is 5.60 Å². The van der Waals surface area contributed by atoms with Crippen LogP contribution in [0.4, 0.5) is 4.79 Å². The van der Waals surface area contributed by atoms with Gasteiger partial charge in [0.2, 0.25) is 0 Å². The maximum atomic E-state index is 12.0. The first kappa shape index (κ1) is 16.8. The molecule has 0 radical (unpaired) electrons. The maximum Gasteiger partial charge on any atom is 0.410 e. The van der Waals surface area contributed by atoms with Crippen LogP contribution < -0.4 is 5.32 Å². The fourth-order valence-corrected chi connectivity index (χ4v) is 2.11. The average Bonchev–Trinajstić information content (AvgIpc) is 2.59. The zero-order valence-electron chi connectivity index (χ0n) is 12.9. The Kier molecular flexibility index (Phi) is 6.26. The van der Waals surface area contributed by atoms with Crippen molar-refractivity contribution in [2.45, 2.75) is 51.7 Å². The van der Waals surface area contributed by atoms with Gasteiger partial charge in [-0.05, 0) is 40.0 Å². The summed E-state index contributed by atoms with van der Waals surface area (Å²) in [5.41, 5.74) is -0.466. The molecular weight excluding hydrogens is 260 g/mol. The minimum absolute atomic E-state index is 0.216. The van der Waals surface area contributed by atoms with Crippen molar-refractivity contribution >= 4 is 12.1 Å². The monoisotopic (exact) mass is 286 g/mol. The third-order valence-electron chi connectivity index (χ3n) is 3.14. The molecule has 0 aromatic heterocycles. The Balaban J connectivity index is 2.39. The molecule has 0 aromatic rings. The zero-order chi connectivity index (χ0) is 15.2. The van der Waals surface area contributed by atoms with E-state index in [1.807, 2.05) is 20.8 Å². The Morgan fingerprint density at radius 3 is 2.55 bits per heavy atom. The second kappa shape index (κ2) is 7.47. The van der Waals surface area contributed by atoms with Crippen LogP contribution in [0.1, 0.15) is 40.0 Å². The Hall–Kier alpha value is -1.30. The van der Waals surface area contributed by atoms with E-state index in [9.17, 15) is 9.59 Å². The number of nitrogens with zero attached hydrogens (tertiary/aromatic N) is 1. The summed E-state index contributed by atoms with van der Waals surface area (Å²) < 4.78 is 9.98. The van der Waals surface area contributed by atoms with Crippen molar-refractivity contribution in [1.29, 1.82) is 0 Å². The van der Waals surface area contributed by atoms with Gasteiger partial charge in [-0.1, -0.05) is 0 Å². The molecule has 1 N–H and O–H groups in total. The van der Waals surface area contributed by atoms with E-state index in [1.165, 1.54) is 7.11 Å². The summed E-state index contributed by atoms with van der Waals surface area (Å²) in [5, 5.41) is 3.17. The first-order chi connectivity index (χ1) is 9.31. The molecule has 1 saturated heterocycles. The van der Waals surface area contributed by atoms with Crippen LogP contribution in [0.15, 0.2) is 0 Å². The predicted molar refractivity (Wildman–Crippen MR) is 75.5 cm³/mol. The fourth-order valence-electron chi connectivity index (χ4n) is 2.11. The number of carbonyl (C=O) groups excluding carboxylic acids is 2. The van der Waals surface area contributed by atoms with Crippen molar-refractivity contribution in [2.24, 2.45) is 0 Å². The van der Waals surface area contributed by atoms with Gasteiger partial charge in [0, 0.05) is 19.1 Å². The molecule has 1 atom stereocenters. The van der Waals surface area contributed by atoms with Crippen molar-refractivity contribution in [2.75, 3.05) is 26.7 Å². The molecule has 0 bridgehead atoms. The van der Waals surface area contributed by atoms with Gasteiger partial charge < -0.3 is 19.7 Å². The lowest BCUT2D eigenvalue weighted by molar-refractivity contribution is -0.139. The Morgan fingerprint density at radius 1 is 1.25 bits per heavy atom. The molecule has 0 aromatic carbocycles. The number of nitrogens with one attached hydrogen (secondary N) is 1. The highest BCUT2D eigenvalue weighted by Crippen LogP contribution is 2.15. The quantitative estimate of drug-likeness (QED) is 0.797. The van der Waals surface area contributed by atoms with Gasteiger partial charge in [-0.3, -0.25) is 4.79 Å². The molecule has 1 fully saturated rings. The van der Waals surface area contributed by atoms with Gasteiger partial charge in [0.1, 0.15) is 5.60 Å². The molecule has 0 saturated carbocycles. The van der Waals surface area contributed by atoms with E-state index >= 15 is 0 Å². The summed E-state index contributed by atoms with van der Waals surface area (Å²) in [6, 6.07) is 0.238. The fraction of sp³-hybridized carbons (Fsp3) is 0.857. The third kappa shape index (κ3) is 6.23. The number of carbonyl (C=O) groups is 2. The normalized spacial score (nSPS) is 20.2. The van der Waals surface area contributed by atoms with Gasteiger partial charge in [-0.2, -0.15) is 0 Å².